The number of aryl methyl sites for hydroxylation is 1. The third kappa shape index (κ3) is 1.26. The lowest BCUT2D eigenvalue weighted by Crippen LogP contribution is -1.88. The Bertz CT molecular complexity index is 466. The second kappa shape index (κ2) is 2.76. The highest BCUT2D eigenvalue weighted by atomic mass is 19.1. The van der Waals surface area contributed by atoms with E-state index in [0.717, 1.165) is 6.20 Å². The van der Waals surface area contributed by atoms with Gasteiger partial charge in [-0.15, -0.1) is 0 Å². The summed E-state index contributed by atoms with van der Waals surface area (Å²) in [5.41, 5.74) is 0.990. The number of pyridine rings is 1. The van der Waals surface area contributed by atoms with Crippen LogP contribution in [0.3, 0.4) is 0 Å². The van der Waals surface area contributed by atoms with Gasteiger partial charge in [0.15, 0.2) is 0 Å². The second-order valence-corrected chi connectivity index (χ2v) is 2.89. The Morgan fingerprint density at radius 3 is 2.77 bits per heavy atom. The van der Waals surface area contributed by atoms with Crippen LogP contribution in [-0.4, -0.2) is 4.98 Å². The predicted molar refractivity (Wildman–Crippen MR) is 46.4 cm³/mol. The SMILES string of the molecule is Cc1c(F)cnc2cc(F)ccc12. The molecule has 0 spiro atoms. The number of hydrogen-bond acceptors (Lipinski definition) is 1. The Kier molecular flexibility index (Phi) is 1.72. The fourth-order valence-corrected chi connectivity index (χ4v) is 1.28. The number of nitrogens with zero attached hydrogens (tertiary/aromatic N) is 1. The number of aromatic nitrogens is 1. The normalized spacial score (nSPS) is 10.7. The topological polar surface area (TPSA) is 12.9 Å². The molecule has 0 bridgehead atoms. The monoisotopic (exact) mass is 179 g/mol. The van der Waals surface area contributed by atoms with E-state index >= 15 is 0 Å². The number of rotatable bonds is 0. The van der Waals surface area contributed by atoms with Crippen molar-refractivity contribution < 1.29 is 8.78 Å². The largest absolute Gasteiger partial charge is 0.253 e. The lowest BCUT2D eigenvalue weighted by atomic mass is 10.1. The molecule has 0 saturated heterocycles. The lowest BCUT2D eigenvalue weighted by Gasteiger charge is -2.01. The summed E-state index contributed by atoms with van der Waals surface area (Å²) in [6.45, 7) is 1.65. The summed E-state index contributed by atoms with van der Waals surface area (Å²) in [6, 6.07) is 4.13. The van der Waals surface area contributed by atoms with Crippen LogP contribution in [0.5, 0.6) is 0 Å². The molecule has 1 aromatic heterocycles. The van der Waals surface area contributed by atoms with Crippen LogP contribution in [0.1, 0.15) is 5.56 Å². The first kappa shape index (κ1) is 8.10. The van der Waals surface area contributed by atoms with E-state index < -0.39 is 0 Å². The van der Waals surface area contributed by atoms with Crippen molar-refractivity contribution in [1.29, 1.82) is 0 Å². The minimum atomic E-state index is -0.362. The molecule has 0 aliphatic carbocycles. The van der Waals surface area contributed by atoms with E-state index in [-0.39, 0.29) is 11.6 Å². The van der Waals surface area contributed by atoms with Crippen LogP contribution in [-0.2, 0) is 0 Å². The molecule has 0 amide bonds. The van der Waals surface area contributed by atoms with Crippen LogP contribution in [0.4, 0.5) is 8.78 Å². The molecule has 2 rings (SSSR count). The molecule has 2 aromatic rings. The van der Waals surface area contributed by atoms with Crippen molar-refractivity contribution in [2.75, 3.05) is 0 Å². The summed E-state index contributed by atoms with van der Waals surface area (Å²) in [5, 5.41) is 0.654. The minimum absolute atomic E-state index is 0.356. The van der Waals surface area contributed by atoms with Crippen LogP contribution in [0.25, 0.3) is 10.9 Å². The van der Waals surface area contributed by atoms with Gasteiger partial charge in [-0.05, 0) is 24.6 Å². The Morgan fingerprint density at radius 1 is 1.23 bits per heavy atom. The van der Waals surface area contributed by atoms with Crippen molar-refractivity contribution in [1.82, 2.24) is 4.98 Å². The molecular weight excluding hydrogens is 172 g/mol. The van der Waals surface area contributed by atoms with Gasteiger partial charge in [-0.1, -0.05) is 0 Å². The molecule has 0 aliphatic heterocycles. The average molecular weight is 179 g/mol. The van der Waals surface area contributed by atoms with Gasteiger partial charge in [-0.2, -0.15) is 0 Å². The van der Waals surface area contributed by atoms with Crippen molar-refractivity contribution in [2.45, 2.75) is 6.92 Å². The van der Waals surface area contributed by atoms with Crippen molar-refractivity contribution in [3.63, 3.8) is 0 Å². The number of halogens is 2. The number of hydrogen-bond donors (Lipinski definition) is 0. The summed E-state index contributed by atoms with van der Waals surface area (Å²) in [5.74, 6) is -0.717. The fourth-order valence-electron chi connectivity index (χ4n) is 1.28. The zero-order valence-electron chi connectivity index (χ0n) is 7.01. The Hall–Kier alpha value is -1.51. The molecule has 1 heterocycles. The Labute approximate surface area is 74.0 Å². The zero-order valence-corrected chi connectivity index (χ0v) is 7.01. The summed E-state index contributed by atoms with van der Waals surface area (Å²) < 4.78 is 25.7. The molecule has 1 aromatic carbocycles. The standard InChI is InChI=1S/C10H7F2N/c1-6-8-3-2-7(11)4-10(8)13-5-9(6)12/h2-5H,1H3. The average Bonchev–Trinajstić information content (AvgIpc) is 2.12. The molecule has 0 unspecified atom stereocenters. The van der Waals surface area contributed by atoms with E-state index in [1.165, 1.54) is 18.2 Å². The molecule has 0 N–H and O–H groups in total. The number of benzene rings is 1. The quantitative estimate of drug-likeness (QED) is 0.606. The smallest absolute Gasteiger partial charge is 0.145 e. The van der Waals surface area contributed by atoms with Crippen LogP contribution < -0.4 is 0 Å². The zero-order chi connectivity index (χ0) is 9.42. The highest BCUT2D eigenvalue weighted by Gasteiger charge is 2.04. The second-order valence-electron chi connectivity index (χ2n) is 2.89. The summed E-state index contributed by atoms with van der Waals surface area (Å²) in [6.07, 6.45) is 1.11. The lowest BCUT2D eigenvalue weighted by molar-refractivity contribution is 0.613. The number of fused-ring (bicyclic) bond motifs is 1. The van der Waals surface area contributed by atoms with E-state index in [1.54, 1.807) is 6.92 Å². The molecule has 0 aliphatic rings. The van der Waals surface area contributed by atoms with E-state index in [4.69, 9.17) is 0 Å². The Morgan fingerprint density at radius 2 is 2.00 bits per heavy atom. The molecule has 1 nitrogen and oxygen atoms in total. The first-order chi connectivity index (χ1) is 6.18. The van der Waals surface area contributed by atoms with Crippen LogP contribution >= 0.6 is 0 Å². The van der Waals surface area contributed by atoms with Gasteiger partial charge >= 0.3 is 0 Å². The molecule has 0 atom stereocenters. The van der Waals surface area contributed by atoms with Crippen LogP contribution in [0.15, 0.2) is 24.4 Å². The van der Waals surface area contributed by atoms with E-state index in [0.29, 0.717) is 16.5 Å². The van der Waals surface area contributed by atoms with Gasteiger partial charge in [0.05, 0.1) is 11.7 Å². The maximum Gasteiger partial charge on any atom is 0.145 e. The maximum absolute atomic E-state index is 13.0. The third-order valence-electron chi connectivity index (χ3n) is 2.04. The van der Waals surface area contributed by atoms with Crippen molar-refractivity contribution in [3.8, 4) is 0 Å². The molecule has 0 fully saturated rings. The van der Waals surface area contributed by atoms with Crippen LogP contribution in [0.2, 0.25) is 0 Å². The molecule has 0 radical (unpaired) electrons. The third-order valence-corrected chi connectivity index (χ3v) is 2.04. The van der Waals surface area contributed by atoms with E-state index in [9.17, 15) is 8.78 Å². The van der Waals surface area contributed by atoms with Crippen molar-refractivity contribution in [2.24, 2.45) is 0 Å². The molecular formula is C10H7F2N. The predicted octanol–water partition coefficient (Wildman–Crippen LogP) is 2.82. The van der Waals surface area contributed by atoms with Crippen LogP contribution in [0, 0.1) is 18.6 Å². The van der Waals surface area contributed by atoms with E-state index in [2.05, 4.69) is 4.98 Å². The summed E-state index contributed by atoms with van der Waals surface area (Å²) in [4.78, 5) is 3.79. The van der Waals surface area contributed by atoms with Gasteiger partial charge in [0.2, 0.25) is 0 Å². The molecule has 0 saturated carbocycles. The molecule has 66 valence electrons. The van der Waals surface area contributed by atoms with Gasteiger partial charge in [-0.25, -0.2) is 8.78 Å². The highest BCUT2D eigenvalue weighted by molar-refractivity contribution is 5.81. The van der Waals surface area contributed by atoms with Gasteiger partial charge in [0.1, 0.15) is 11.6 Å². The fraction of sp³-hybridized carbons (Fsp3) is 0.100. The first-order valence-corrected chi connectivity index (χ1v) is 3.89. The summed E-state index contributed by atoms with van der Waals surface area (Å²) >= 11 is 0. The minimum Gasteiger partial charge on any atom is -0.253 e. The van der Waals surface area contributed by atoms with Crippen molar-refractivity contribution in [3.05, 3.63) is 41.6 Å². The highest BCUT2D eigenvalue weighted by Crippen LogP contribution is 2.19. The van der Waals surface area contributed by atoms with Gasteiger partial charge in [0.25, 0.3) is 0 Å². The van der Waals surface area contributed by atoms with Gasteiger partial charge in [0, 0.05) is 11.5 Å². The summed E-state index contributed by atoms with van der Waals surface area (Å²) in [7, 11) is 0. The van der Waals surface area contributed by atoms with Gasteiger partial charge in [-0.3, -0.25) is 4.98 Å². The maximum atomic E-state index is 13.0. The van der Waals surface area contributed by atoms with Gasteiger partial charge < -0.3 is 0 Å². The molecule has 13 heavy (non-hydrogen) atoms. The van der Waals surface area contributed by atoms with Crippen molar-refractivity contribution >= 4 is 10.9 Å². The first-order valence-electron chi connectivity index (χ1n) is 3.89. The Balaban J connectivity index is 2.87. The van der Waals surface area contributed by atoms with E-state index in [1.807, 2.05) is 0 Å². The molecule has 3 heteroatoms.